The van der Waals surface area contributed by atoms with Crippen LogP contribution in [0.3, 0.4) is 0 Å². The van der Waals surface area contributed by atoms with Crippen LogP contribution in [0.4, 0.5) is 0 Å². The lowest BCUT2D eigenvalue weighted by Gasteiger charge is -2.19. The number of hydrogen-bond acceptors (Lipinski definition) is 2. The van der Waals surface area contributed by atoms with E-state index < -0.39 is 0 Å². The van der Waals surface area contributed by atoms with Crippen molar-refractivity contribution in [3.05, 3.63) is 22.3 Å². The zero-order valence-electron chi connectivity index (χ0n) is 10.5. The predicted octanol–water partition coefficient (Wildman–Crippen LogP) is 3.19. The molecule has 0 amide bonds. The first-order valence-corrected chi connectivity index (χ1v) is 5.29. The summed E-state index contributed by atoms with van der Waals surface area (Å²) >= 11 is 0. The molecule has 2 heteroatoms. The summed E-state index contributed by atoms with van der Waals surface area (Å²) in [7, 11) is 3.42. The Bertz CT molecular complexity index is 289. The third-order valence-corrected chi connectivity index (χ3v) is 3.03. The van der Waals surface area contributed by atoms with E-state index in [2.05, 4.69) is 20.8 Å². The van der Waals surface area contributed by atoms with Crippen molar-refractivity contribution in [2.75, 3.05) is 14.2 Å². The molecule has 2 nitrogen and oxygen atoms in total. The Balaban J connectivity index is 3.57. The molecule has 0 radical (unpaired) electrons. The second-order valence-electron chi connectivity index (χ2n) is 3.77. The van der Waals surface area contributed by atoms with E-state index in [0.717, 1.165) is 23.5 Å². The van der Waals surface area contributed by atoms with Crippen molar-refractivity contribution in [1.29, 1.82) is 0 Å². The van der Waals surface area contributed by atoms with Crippen LogP contribution >= 0.6 is 0 Å². The van der Waals surface area contributed by atoms with Crippen molar-refractivity contribution in [1.82, 2.24) is 0 Å². The van der Waals surface area contributed by atoms with Crippen LogP contribution in [0.2, 0.25) is 0 Å². The summed E-state index contributed by atoms with van der Waals surface area (Å²) in [5, 5.41) is 0. The SMILES string of the molecule is CCc1c(C)c(OC)c(C)c(OC)c1C. The zero-order chi connectivity index (χ0) is 11.6. The van der Waals surface area contributed by atoms with Gasteiger partial charge in [0, 0.05) is 5.56 Å². The maximum atomic E-state index is 5.44. The lowest BCUT2D eigenvalue weighted by Crippen LogP contribution is -2.02. The first-order valence-electron chi connectivity index (χ1n) is 5.29. The van der Waals surface area contributed by atoms with Gasteiger partial charge in [-0.2, -0.15) is 0 Å². The number of methoxy groups -OCH3 is 2. The van der Waals surface area contributed by atoms with E-state index >= 15 is 0 Å². The van der Waals surface area contributed by atoms with Gasteiger partial charge in [-0.3, -0.25) is 0 Å². The highest BCUT2D eigenvalue weighted by atomic mass is 16.5. The average Bonchev–Trinajstić information content (AvgIpc) is 2.19. The predicted molar refractivity (Wildman–Crippen MR) is 63.1 cm³/mol. The van der Waals surface area contributed by atoms with Crippen LogP contribution < -0.4 is 9.47 Å². The normalized spacial score (nSPS) is 10.3. The minimum atomic E-state index is 0.953. The van der Waals surface area contributed by atoms with Gasteiger partial charge in [0.15, 0.2) is 0 Å². The zero-order valence-corrected chi connectivity index (χ0v) is 10.5. The summed E-state index contributed by atoms with van der Waals surface area (Å²) in [5.41, 5.74) is 4.88. The van der Waals surface area contributed by atoms with Gasteiger partial charge in [0.2, 0.25) is 0 Å². The van der Waals surface area contributed by atoms with Gasteiger partial charge in [-0.15, -0.1) is 0 Å². The molecule has 0 unspecified atom stereocenters. The standard InChI is InChI=1S/C13H20O2/c1-7-11-8(2)12(14-5)10(4)13(15-6)9(11)3/h7H2,1-6H3. The lowest BCUT2D eigenvalue weighted by molar-refractivity contribution is 0.383. The fraction of sp³-hybridized carbons (Fsp3) is 0.538. The van der Waals surface area contributed by atoms with E-state index in [1.165, 1.54) is 16.7 Å². The molecule has 0 heterocycles. The van der Waals surface area contributed by atoms with Gasteiger partial charge in [0.25, 0.3) is 0 Å². The summed E-state index contributed by atoms with van der Waals surface area (Å²) in [4.78, 5) is 0. The lowest BCUT2D eigenvalue weighted by atomic mass is 9.95. The minimum absolute atomic E-state index is 0.953. The van der Waals surface area contributed by atoms with E-state index in [4.69, 9.17) is 9.47 Å². The van der Waals surface area contributed by atoms with Gasteiger partial charge < -0.3 is 9.47 Å². The molecule has 15 heavy (non-hydrogen) atoms. The van der Waals surface area contributed by atoms with Crippen molar-refractivity contribution >= 4 is 0 Å². The fourth-order valence-corrected chi connectivity index (χ4v) is 2.36. The molecular weight excluding hydrogens is 188 g/mol. The topological polar surface area (TPSA) is 18.5 Å². The molecule has 0 aliphatic rings. The molecule has 0 spiro atoms. The summed E-state index contributed by atoms with van der Waals surface area (Å²) in [6, 6.07) is 0. The Morgan fingerprint density at radius 3 is 1.47 bits per heavy atom. The molecule has 0 bridgehead atoms. The van der Waals surface area contributed by atoms with Gasteiger partial charge in [-0.1, -0.05) is 6.92 Å². The second-order valence-corrected chi connectivity index (χ2v) is 3.77. The Labute approximate surface area is 92.2 Å². The maximum Gasteiger partial charge on any atom is 0.128 e. The van der Waals surface area contributed by atoms with Crippen LogP contribution in [0.15, 0.2) is 0 Å². The molecule has 0 atom stereocenters. The molecular formula is C13H20O2. The molecule has 0 saturated heterocycles. The van der Waals surface area contributed by atoms with Crippen molar-refractivity contribution in [3.63, 3.8) is 0 Å². The number of benzene rings is 1. The van der Waals surface area contributed by atoms with Crippen molar-refractivity contribution in [3.8, 4) is 11.5 Å². The Hall–Kier alpha value is -1.18. The van der Waals surface area contributed by atoms with Crippen molar-refractivity contribution in [2.24, 2.45) is 0 Å². The van der Waals surface area contributed by atoms with Gasteiger partial charge in [0.1, 0.15) is 11.5 Å². The number of ether oxygens (including phenoxy) is 2. The van der Waals surface area contributed by atoms with E-state index in [-0.39, 0.29) is 0 Å². The molecule has 1 aromatic carbocycles. The molecule has 0 aliphatic carbocycles. The van der Waals surface area contributed by atoms with Crippen LogP contribution in [0, 0.1) is 20.8 Å². The van der Waals surface area contributed by atoms with Gasteiger partial charge in [0.05, 0.1) is 14.2 Å². The van der Waals surface area contributed by atoms with E-state index in [1.54, 1.807) is 14.2 Å². The molecule has 0 saturated carbocycles. The molecule has 0 N–H and O–H groups in total. The molecule has 0 fully saturated rings. The van der Waals surface area contributed by atoms with E-state index in [0.29, 0.717) is 0 Å². The summed E-state index contributed by atoms with van der Waals surface area (Å²) in [6.45, 7) is 8.41. The van der Waals surface area contributed by atoms with Crippen LogP contribution in [0.1, 0.15) is 29.2 Å². The van der Waals surface area contributed by atoms with Gasteiger partial charge in [-0.25, -0.2) is 0 Å². The second kappa shape index (κ2) is 4.56. The first-order chi connectivity index (χ1) is 7.08. The Kier molecular flexibility index (Phi) is 3.61. The van der Waals surface area contributed by atoms with Crippen LogP contribution in [0.25, 0.3) is 0 Å². The fourth-order valence-electron chi connectivity index (χ4n) is 2.36. The number of rotatable bonds is 3. The summed E-state index contributed by atoms with van der Waals surface area (Å²) < 4.78 is 10.9. The highest BCUT2D eigenvalue weighted by Gasteiger charge is 2.16. The highest BCUT2D eigenvalue weighted by molar-refractivity contribution is 5.58. The Morgan fingerprint density at radius 1 is 0.800 bits per heavy atom. The van der Waals surface area contributed by atoms with Gasteiger partial charge >= 0.3 is 0 Å². The molecule has 1 aromatic rings. The maximum absolute atomic E-state index is 5.44. The third-order valence-electron chi connectivity index (χ3n) is 3.03. The van der Waals surface area contributed by atoms with Crippen molar-refractivity contribution in [2.45, 2.75) is 34.1 Å². The first kappa shape index (κ1) is 11.9. The largest absolute Gasteiger partial charge is 0.496 e. The third kappa shape index (κ3) is 1.81. The Morgan fingerprint density at radius 2 is 1.20 bits per heavy atom. The molecule has 0 aromatic heterocycles. The highest BCUT2D eigenvalue weighted by Crippen LogP contribution is 2.37. The van der Waals surface area contributed by atoms with Crippen LogP contribution in [0.5, 0.6) is 11.5 Å². The van der Waals surface area contributed by atoms with Crippen LogP contribution in [-0.4, -0.2) is 14.2 Å². The number of hydrogen-bond donors (Lipinski definition) is 0. The van der Waals surface area contributed by atoms with E-state index in [1.807, 2.05) is 6.92 Å². The molecule has 1 rings (SSSR count). The summed E-state index contributed by atoms with van der Waals surface area (Å²) in [5.74, 6) is 1.91. The van der Waals surface area contributed by atoms with Crippen molar-refractivity contribution < 1.29 is 9.47 Å². The molecule has 0 aliphatic heterocycles. The van der Waals surface area contributed by atoms with E-state index in [9.17, 15) is 0 Å². The summed E-state index contributed by atoms with van der Waals surface area (Å²) in [6.07, 6.45) is 1.00. The average molecular weight is 208 g/mol. The quantitative estimate of drug-likeness (QED) is 0.759. The van der Waals surface area contributed by atoms with Crippen LogP contribution in [-0.2, 0) is 6.42 Å². The monoisotopic (exact) mass is 208 g/mol. The van der Waals surface area contributed by atoms with Gasteiger partial charge in [-0.05, 0) is 43.9 Å². The minimum Gasteiger partial charge on any atom is -0.496 e. The smallest absolute Gasteiger partial charge is 0.128 e. The molecule has 84 valence electrons.